The summed E-state index contributed by atoms with van der Waals surface area (Å²) in [5, 5.41) is 15.5. The second-order valence-electron chi connectivity index (χ2n) is 4.88. The number of aromatic nitrogens is 1. The van der Waals surface area contributed by atoms with Crippen molar-refractivity contribution in [2.45, 2.75) is 39.8 Å². The van der Waals surface area contributed by atoms with E-state index in [1.807, 2.05) is 0 Å². The number of hydrogen-bond acceptors (Lipinski definition) is 4. The van der Waals surface area contributed by atoms with Crippen molar-refractivity contribution in [3.05, 3.63) is 17.0 Å². The first-order valence-electron chi connectivity index (χ1n) is 5.84. The van der Waals surface area contributed by atoms with Crippen molar-refractivity contribution in [3.63, 3.8) is 0 Å². The number of carboxylic acid groups (broad SMARTS) is 1. The molecule has 2 N–H and O–H groups in total. The van der Waals surface area contributed by atoms with Crippen LogP contribution in [0.4, 0.5) is 4.79 Å². The molecule has 0 bridgehead atoms. The van der Waals surface area contributed by atoms with Crippen LogP contribution < -0.4 is 5.32 Å². The highest BCUT2D eigenvalue weighted by atomic mass is 16.5. The van der Waals surface area contributed by atoms with Crippen molar-refractivity contribution in [3.8, 4) is 0 Å². The SMILES string of the molecule is Cc1noc(C)c1CNC(=O)N(C)C(C)(C)C(=O)O. The van der Waals surface area contributed by atoms with Gasteiger partial charge in [0.25, 0.3) is 0 Å². The molecule has 0 saturated carbocycles. The number of carboxylic acids is 1. The van der Waals surface area contributed by atoms with Crippen molar-refractivity contribution >= 4 is 12.0 Å². The molecular formula is C12H19N3O4. The van der Waals surface area contributed by atoms with Crippen LogP contribution in [0.3, 0.4) is 0 Å². The number of aliphatic carboxylic acids is 1. The van der Waals surface area contributed by atoms with Gasteiger partial charge in [0.15, 0.2) is 0 Å². The summed E-state index contributed by atoms with van der Waals surface area (Å²) in [5.74, 6) is -0.430. The average molecular weight is 269 g/mol. The number of hydrogen-bond donors (Lipinski definition) is 2. The summed E-state index contributed by atoms with van der Waals surface area (Å²) in [6, 6.07) is -0.465. The fourth-order valence-corrected chi connectivity index (χ4v) is 1.43. The van der Waals surface area contributed by atoms with E-state index in [0.717, 1.165) is 10.5 Å². The Balaban J connectivity index is 2.69. The molecule has 0 saturated heterocycles. The normalized spacial score (nSPS) is 11.2. The van der Waals surface area contributed by atoms with Crippen molar-refractivity contribution in [2.24, 2.45) is 0 Å². The van der Waals surface area contributed by atoms with Crippen LogP contribution in [0.2, 0.25) is 0 Å². The minimum Gasteiger partial charge on any atom is -0.480 e. The monoisotopic (exact) mass is 269 g/mol. The molecule has 19 heavy (non-hydrogen) atoms. The maximum atomic E-state index is 11.9. The molecule has 1 heterocycles. The van der Waals surface area contributed by atoms with Gasteiger partial charge >= 0.3 is 12.0 Å². The lowest BCUT2D eigenvalue weighted by Gasteiger charge is -2.31. The van der Waals surface area contributed by atoms with E-state index < -0.39 is 17.5 Å². The van der Waals surface area contributed by atoms with Crippen LogP contribution in [0.25, 0.3) is 0 Å². The Bertz CT molecular complexity index is 474. The lowest BCUT2D eigenvalue weighted by Crippen LogP contribution is -2.53. The molecule has 0 aromatic carbocycles. The smallest absolute Gasteiger partial charge is 0.329 e. The Labute approximate surface area is 111 Å². The Morgan fingerprint density at radius 1 is 1.42 bits per heavy atom. The first-order chi connectivity index (χ1) is 8.67. The number of urea groups is 1. The highest BCUT2D eigenvalue weighted by Gasteiger charge is 2.35. The molecule has 2 amide bonds. The third-order valence-corrected chi connectivity index (χ3v) is 3.26. The minimum atomic E-state index is -1.27. The molecule has 0 aliphatic heterocycles. The summed E-state index contributed by atoms with van der Waals surface area (Å²) in [6.45, 7) is 6.71. The Morgan fingerprint density at radius 2 is 2.00 bits per heavy atom. The van der Waals surface area contributed by atoms with Crippen LogP contribution in [0.5, 0.6) is 0 Å². The molecule has 0 atom stereocenters. The number of carbonyl (C=O) groups is 2. The van der Waals surface area contributed by atoms with E-state index in [0.29, 0.717) is 11.5 Å². The maximum absolute atomic E-state index is 11.9. The van der Waals surface area contributed by atoms with Gasteiger partial charge < -0.3 is 19.8 Å². The number of carbonyl (C=O) groups excluding carboxylic acids is 1. The fraction of sp³-hybridized carbons (Fsp3) is 0.583. The molecule has 106 valence electrons. The molecule has 0 radical (unpaired) electrons. The standard InChI is InChI=1S/C12H19N3O4/c1-7-9(8(2)19-14-7)6-13-11(18)15(5)12(3,4)10(16)17/h6H2,1-5H3,(H,13,18)(H,16,17). The summed E-state index contributed by atoms with van der Waals surface area (Å²) in [5.41, 5.74) is 0.232. The molecule has 0 aliphatic rings. The van der Waals surface area contributed by atoms with Crippen LogP contribution >= 0.6 is 0 Å². The van der Waals surface area contributed by atoms with Crippen LogP contribution in [0, 0.1) is 13.8 Å². The Hall–Kier alpha value is -2.05. The molecule has 7 nitrogen and oxygen atoms in total. The summed E-state index contributed by atoms with van der Waals surface area (Å²) in [7, 11) is 1.44. The topological polar surface area (TPSA) is 95.7 Å². The van der Waals surface area contributed by atoms with Gasteiger partial charge in [-0.1, -0.05) is 5.16 Å². The van der Waals surface area contributed by atoms with Crippen LogP contribution in [0.15, 0.2) is 4.52 Å². The van der Waals surface area contributed by atoms with Crippen molar-refractivity contribution in [1.82, 2.24) is 15.4 Å². The molecular weight excluding hydrogens is 250 g/mol. The van der Waals surface area contributed by atoms with Gasteiger partial charge in [0, 0.05) is 19.2 Å². The van der Waals surface area contributed by atoms with Gasteiger partial charge in [-0.15, -0.1) is 0 Å². The molecule has 7 heteroatoms. The number of amides is 2. The molecule has 1 rings (SSSR count). The highest BCUT2D eigenvalue weighted by Crippen LogP contribution is 2.14. The van der Waals surface area contributed by atoms with E-state index in [4.69, 9.17) is 9.63 Å². The lowest BCUT2D eigenvalue weighted by atomic mass is 10.1. The number of aryl methyl sites for hydroxylation is 2. The van der Waals surface area contributed by atoms with Crippen LogP contribution in [-0.4, -0.2) is 39.8 Å². The maximum Gasteiger partial charge on any atom is 0.329 e. The van der Waals surface area contributed by atoms with Gasteiger partial charge in [-0.25, -0.2) is 9.59 Å². The van der Waals surface area contributed by atoms with E-state index in [9.17, 15) is 9.59 Å². The van der Waals surface area contributed by atoms with Gasteiger partial charge in [0.2, 0.25) is 0 Å². The predicted molar refractivity (Wildman–Crippen MR) is 67.7 cm³/mol. The minimum absolute atomic E-state index is 0.250. The van der Waals surface area contributed by atoms with Crippen LogP contribution in [-0.2, 0) is 11.3 Å². The molecule has 1 aromatic heterocycles. The van der Waals surface area contributed by atoms with Crippen LogP contribution in [0.1, 0.15) is 30.9 Å². The van der Waals surface area contributed by atoms with Gasteiger partial charge in [-0.2, -0.15) is 0 Å². The van der Waals surface area contributed by atoms with E-state index >= 15 is 0 Å². The summed E-state index contributed by atoms with van der Waals surface area (Å²) < 4.78 is 4.98. The third-order valence-electron chi connectivity index (χ3n) is 3.26. The second kappa shape index (κ2) is 5.29. The molecule has 0 spiro atoms. The molecule has 0 aliphatic carbocycles. The van der Waals surface area contributed by atoms with Gasteiger partial charge in [0.1, 0.15) is 11.3 Å². The summed E-state index contributed by atoms with van der Waals surface area (Å²) in [6.07, 6.45) is 0. The van der Waals surface area contributed by atoms with E-state index in [1.54, 1.807) is 13.8 Å². The molecule has 0 unspecified atom stereocenters. The van der Waals surface area contributed by atoms with E-state index in [2.05, 4.69) is 10.5 Å². The fourth-order valence-electron chi connectivity index (χ4n) is 1.43. The third kappa shape index (κ3) is 3.04. The highest BCUT2D eigenvalue weighted by molar-refractivity contribution is 5.85. The lowest BCUT2D eigenvalue weighted by molar-refractivity contribution is -0.146. The first kappa shape index (κ1) is 15.0. The zero-order valence-electron chi connectivity index (χ0n) is 11.8. The van der Waals surface area contributed by atoms with Gasteiger partial charge in [-0.3, -0.25) is 0 Å². The largest absolute Gasteiger partial charge is 0.480 e. The summed E-state index contributed by atoms with van der Waals surface area (Å²) in [4.78, 5) is 24.1. The average Bonchev–Trinajstić information content (AvgIpc) is 2.65. The Morgan fingerprint density at radius 3 is 2.42 bits per heavy atom. The second-order valence-corrected chi connectivity index (χ2v) is 4.88. The summed E-state index contributed by atoms with van der Waals surface area (Å²) >= 11 is 0. The quantitative estimate of drug-likeness (QED) is 0.858. The number of likely N-dealkylation sites (N-methyl/N-ethyl adjacent to an activating group) is 1. The number of nitrogens with one attached hydrogen (secondary N) is 1. The van der Waals surface area contributed by atoms with Crippen molar-refractivity contribution in [1.29, 1.82) is 0 Å². The first-order valence-corrected chi connectivity index (χ1v) is 5.84. The van der Waals surface area contributed by atoms with Gasteiger partial charge in [0.05, 0.1) is 5.69 Å². The van der Waals surface area contributed by atoms with Gasteiger partial charge in [-0.05, 0) is 27.7 Å². The molecule has 0 fully saturated rings. The van der Waals surface area contributed by atoms with Crippen molar-refractivity contribution < 1.29 is 19.2 Å². The predicted octanol–water partition coefficient (Wildman–Crippen LogP) is 1.30. The zero-order valence-corrected chi connectivity index (χ0v) is 11.8. The Kier molecular flexibility index (Phi) is 4.18. The molecule has 1 aromatic rings. The van der Waals surface area contributed by atoms with E-state index in [1.165, 1.54) is 20.9 Å². The zero-order chi connectivity index (χ0) is 14.8. The van der Waals surface area contributed by atoms with E-state index in [-0.39, 0.29) is 6.54 Å². The number of rotatable bonds is 4. The number of nitrogens with zero attached hydrogens (tertiary/aromatic N) is 2. The van der Waals surface area contributed by atoms with Crippen molar-refractivity contribution in [2.75, 3.05) is 7.05 Å².